The first-order valence-electron chi connectivity index (χ1n) is 9.60. The summed E-state index contributed by atoms with van der Waals surface area (Å²) in [5, 5.41) is 8.74. The van der Waals surface area contributed by atoms with Gasteiger partial charge in [-0.15, -0.1) is 4.63 Å². The van der Waals surface area contributed by atoms with Gasteiger partial charge in [-0.2, -0.15) is 10.2 Å². The molecule has 2 aromatic heterocycles. The second kappa shape index (κ2) is 6.68. The zero-order chi connectivity index (χ0) is 19.4. The number of allylic oxidation sites excluding steroid dienone is 3. The SMILES string of the molecule is CN1CC(N2Cc3nn4nccnc4c3C2)CC(N)[C@H]1C1CC(F)=CC=C1F. The molecule has 9 heteroatoms. The van der Waals surface area contributed by atoms with Crippen molar-refractivity contribution in [2.24, 2.45) is 11.7 Å². The van der Waals surface area contributed by atoms with Crippen molar-refractivity contribution >= 4 is 5.65 Å². The Labute approximate surface area is 161 Å². The summed E-state index contributed by atoms with van der Waals surface area (Å²) in [6.45, 7) is 2.24. The predicted molar refractivity (Wildman–Crippen MR) is 99.3 cm³/mol. The first-order chi connectivity index (χ1) is 13.5. The summed E-state index contributed by atoms with van der Waals surface area (Å²) < 4.78 is 29.7. The van der Waals surface area contributed by atoms with Crippen molar-refractivity contribution < 1.29 is 8.78 Å². The summed E-state index contributed by atoms with van der Waals surface area (Å²) in [6.07, 6.45) is 6.57. The molecule has 2 aromatic rings. The molecular weight excluding hydrogens is 364 g/mol. The van der Waals surface area contributed by atoms with Crippen LogP contribution in [0.1, 0.15) is 24.1 Å². The number of likely N-dealkylation sites (tertiary alicyclic amines) is 1. The summed E-state index contributed by atoms with van der Waals surface area (Å²) in [5.74, 6) is -1.07. The van der Waals surface area contributed by atoms with Gasteiger partial charge >= 0.3 is 0 Å². The molecule has 5 rings (SSSR count). The molecule has 4 atom stereocenters. The van der Waals surface area contributed by atoms with E-state index < -0.39 is 5.92 Å². The molecular formula is C19H23F2N7. The van der Waals surface area contributed by atoms with Crippen LogP contribution in [0, 0.1) is 5.92 Å². The third-order valence-corrected chi connectivity index (χ3v) is 6.29. The Morgan fingerprint density at radius 3 is 2.86 bits per heavy atom. The molecule has 1 aliphatic carbocycles. The van der Waals surface area contributed by atoms with Crippen LogP contribution in [0.25, 0.3) is 5.65 Å². The second-order valence-corrected chi connectivity index (χ2v) is 8.05. The Bertz CT molecular complexity index is 956. The van der Waals surface area contributed by atoms with Gasteiger partial charge in [-0.1, -0.05) is 0 Å². The number of halogens is 2. The van der Waals surface area contributed by atoms with E-state index in [0.29, 0.717) is 0 Å². The molecule has 0 aromatic carbocycles. The standard InChI is InChI=1S/C19H23F2N7/c1-26-8-12(7-16(22)18(26)13-6-11(20)2-3-15(13)21)27-9-14-17(10-27)25-28-19(14)23-4-5-24-28/h2-5,12-13,16,18H,6-10,22H2,1H3/t12?,13?,16?,18-/m1/s1. The minimum absolute atomic E-state index is 0.0842. The van der Waals surface area contributed by atoms with Gasteiger partial charge in [0.05, 0.1) is 11.9 Å². The van der Waals surface area contributed by atoms with Crippen molar-refractivity contribution in [2.75, 3.05) is 13.6 Å². The summed E-state index contributed by atoms with van der Waals surface area (Å²) in [5.41, 5.74) is 9.39. The molecule has 1 saturated heterocycles. The fraction of sp³-hybridized carbons (Fsp3) is 0.526. The average Bonchev–Trinajstić information content (AvgIpc) is 3.22. The van der Waals surface area contributed by atoms with E-state index in [1.807, 2.05) is 7.05 Å². The van der Waals surface area contributed by atoms with E-state index >= 15 is 0 Å². The van der Waals surface area contributed by atoms with Crippen molar-refractivity contribution in [2.45, 2.75) is 44.1 Å². The fourth-order valence-electron chi connectivity index (χ4n) is 5.01. The van der Waals surface area contributed by atoms with Gasteiger partial charge in [0, 0.05) is 61.9 Å². The van der Waals surface area contributed by atoms with Crippen LogP contribution in [-0.4, -0.2) is 61.3 Å². The van der Waals surface area contributed by atoms with Crippen molar-refractivity contribution in [3.8, 4) is 0 Å². The maximum atomic E-state index is 14.4. The molecule has 0 amide bonds. The van der Waals surface area contributed by atoms with Crippen LogP contribution in [0.5, 0.6) is 0 Å². The highest BCUT2D eigenvalue weighted by molar-refractivity contribution is 5.50. The topological polar surface area (TPSA) is 75.6 Å². The lowest BCUT2D eigenvalue weighted by Gasteiger charge is -2.47. The van der Waals surface area contributed by atoms with Gasteiger partial charge in [0.25, 0.3) is 0 Å². The molecule has 1 fully saturated rings. The molecule has 7 nitrogen and oxygen atoms in total. The average molecular weight is 387 g/mol. The first-order valence-corrected chi connectivity index (χ1v) is 9.60. The molecule has 0 bridgehead atoms. The molecule has 0 radical (unpaired) electrons. The number of fused-ring (bicyclic) bond motifs is 3. The van der Waals surface area contributed by atoms with Gasteiger partial charge in [0.1, 0.15) is 11.7 Å². The van der Waals surface area contributed by atoms with Crippen molar-refractivity contribution in [3.05, 3.63) is 47.5 Å². The highest BCUT2D eigenvalue weighted by Crippen LogP contribution is 2.37. The summed E-state index contributed by atoms with van der Waals surface area (Å²) in [7, 11) is 1.96. The third-order valence-electron chi connectivity index (χ3n) is 6.29. The zero-order valence-electron chi connectivity index (χ0n) is 15.7. The molecule has 0 spiro atoms. The Morgan fingerprint density at radius 2 is 2.04 bits per heavy atom. The predicted octanol–water partition coefficient (Wildman–Crippen LogP) is 1.57. The normalized spacial score (nSPS) is 31.7. The van der Waals surface area contributed by atoms with Gasteiger partial charge in [0.15, 0.2) is 5.65 Å². The van der Waals surface area contributed by atoms with Gasteiger partial charge in [-0.3, -0.25) is 9.80 Å². The van der Waals surface area contributed by atoms with E-state index in [2.05, 4.69) is 25.0 Å². The van der Waals surface area contributed by atoms with Gasteiger partial charge < -0.3 is 5.73 Å². The summed E-state index contributed by atoms with van der Waals surface area (Å²) in [6, 6.07) is -0.202. The summed E-state index contributed by atoms with van der Waals surface area (Å²) in [4.78, 5) is 8.85. The Balaban J connectivity index is 1.31. The number of aromatic nitrogens is 4. The van der Waals surface area contributed by atoms with Gasteiger partial charge in [-0.05, 0) is 25.6 Å². The number of rotatable bonds is 2. The van der Waals surface area contributed by atoms with Crippen LogP contribution < -0.4 is 5.73 Å². The molecule has 2 aliphatic heterocycles. The van der Waals surface area contributed by atoms with E-state index in [9.17, 15) is 8.78 Å². The maximum Gasteiger partial charge on any atom is 0.180 e. The number of hydrogen-bond acceptors (Lipinski definition) is 6. The van der Waals surface area contributed by atoms with E-state index in [1.54, 1.807) is 17.0 Å². The van der Waals surface area contributed by atoms with Crippen LogP contribution in [-0.2, 0) is 13.1 Å². The number of hydrogen-bond donors (Lipinski definition) is 1. The summed E-state index contributed by atoms with van der Waals surface area (Å²) >= 11 is 0. The van der Waals surface area contributed by atoms with E-state index in [1.165, 1.54) is 12.2 Å². The zero-order valence-corrected chi connectivity index (χ0v) is 15.7. The Hall–Kier alpha value is -2.23. The van der Waals surface area contributed by atoms with Crippen LogP contribution in [0.2, 0.25) is 0 Å². The lowest BCUT2D eigenvalue weighted by Crippen LogP contribution is -2.61. The number of likely N-dealkylation sites (N-methyl/N-ethyl adjacent to an activating group) is 1. The fourth-order valence-corrected chi connectivity index (χ4v) is 5.01. The minimum Gasteiger partial charge on any atom is -0.326 e. The molecule has 28 heavy (non-hydrogen) atoms. The molecule has 3 unspecified atom stereocenters. The monoisotopic (exact) mass is 387 g/mol. The van der Waals surface area contributed by atoms with Crippen LogP contribution in [0.4, 0.5) is 8.78 Å². The molecule has 2 N–H and O–H groups in total. The van der Waals surface area contributed by atoms with Gasteiger partial charge in [-0.25, -0.2) is 13.8 Å². The van der Waals surface area contributed by atoms with E-state index in [4.69, 9.17) is 5.73 Å². The number of piperidine rings is 1. The van der Waals surface area contributed by atoms with Gasteiger partial charge in [0.2, 0.25) is 0 Å². The first kappa shape index (κ1) is 17.8. The second-order valence-electron chi connectivity index (χ2n) is 8.05. The smallest absolute Gasteiger partial charge is 0.180 e. The Morgan fingerprint density at radius 1 is 1.18 bits per heavy atom. The Kier molecular flexibility index (Phi) is 4.26. The largest absolute Gasteiger partial charge is 0.326 e. The number of nitrogens with zero attached hydrogens (tertiary/aromatic N) is 6. The molecule has 148 valence electrons. The third kappa shape index (κ3) is 2.85. The van der Waals surface area contributed by atoms with Crippen LogP contribution >= 0.6 is 0 Å². The van der Waals surface area contributed by atoms with Crippen LogP contribution in [0.15, 0.2) is 36.2 Å². The lowest BCUT2D eigenvalue weighted by molar-refractivity contribution is 0.0367. The van der Waals surface area contributed by atoms with E-state index in [0.717, 1.165) is 43.0 Å². The highest BCUT2D eigenvalue weighted by atomic mass is 19.1. The minimum atomic E-state index is -0.513. The molecule has 0 saturated carbocycles. The maximum absolute atomic E-state index is 14.4. The lowest BCUT2D eigenvalue weighted by atomic mass is 9.81. The van der Waals surface area contributed by atoms with Crippen molar-refractivity contribution in [1.82, 2.24) is 29.6 Å². The molecule has 4 heterocycles. The van der Waals surface area contributed by atoms with Crippen LogP contribution in [0.3, 0.4) is 0 Å². The highest BCUT2D eigenvalue weighted by Gasteiger charge is 2.42. The number of nitrogens with two attached hydrogens (primary N) is 1. The van der Waals surface area contributed by atoms with E-state index in [-0.39, 0.29) is 36.2 Å². The molecule has 3 aliphatic rings. The quantitative estimate of drug-likeness (QED) is 0.843. The van der Waals surface area contributed by atoms with Crippen molar-refractivity contribution in [3.63, 3.8) is 0 Å². The van der Waals surface area contributed by atoms with Crippen molar-refractivity contribution in [1.29, 1.82) is 0 Å².